The molecule has 0 bridgehead atoms. The Hall–Kier alpha value is -7.19. The first-order chi connectivity index (χ1) is 45.8. The Bertz CT molecular complexity index is 3770. The van der Waals surface area contributed by atoms with Gasteiger partial charge in [-0.3, -0.25) is 4.79 Å². The molecule has 6 unspecified atom stereocenters. The molecule has 6 fully saturated rings. The maximum atomic E-state index is 13.7. The second-order valence-corrected chi connectivity index (χ2v) is 32.1. The van der Waals surface area contributed by atoms with E-state index in [-0.39, 0.29) is 70.2 Å². The normalized spacial score (nSPS) is 32.4. The molecule has 6 saturated carbocycles. The molecule has 4 aromatic carbocycles. The van der Waals surface area contributed by atoms with E-state index < -0.39 is 18.2 Å². The zero-order chi connectivity index (χ0) is 66.0. The summed E-state index contributed by atoms with van der Waals surface area (Å²) in [5.41, 5.74) is 19.5. The van der Waals surface area contributed by atoms with Crippen LogP contribution in [0.2, 0.25) is 0 Å². The number of hydrogen-bond donors (Lipinski definition) is 2. The van der Waals surface area contributed by atoms with Gasteiger partial charge in [0.15, 0.2) is 0 Å². The third-order valence-corrected chi connectivity index (χ3v) is 26.4. The molecular weight excluding hydrogens is 1180 g/mol. The number of allylic oxidation sites excluding steroid dienone is 2. The SMILES string of the molecule is CC(C)[C@H](N)C(=O)O[C@H]1CC[C@@]2(C)C(=CCC3C2CC[C@@]2(C)C3CC[C@@H]2c2cn(Cc3ccccc3)nn2)C1.CC(C)[C@H](NC(=O)OCC1c2ccccc2-c2ccccc21)C(=O)O[C@H]1CC[C@@]2(C)C(=CCC3C2CC[C@@]2(C)C3CC[C@@H]2c2cn(Cc3ccccc3)nn2)C1. The van der Waals surface area contributed by atoms with Crippen LogP contribution in [0.1, 0.15) is 210 Å². The van der Waals surface area contributed by atoms with Gasteiger partial charge in [-0.05, 0) is 192 Å². The Labute approximate surface area is 563 Å². The topological polar surface area (TPSA) is 178 Å². The number of nitrogens with two attached hydrogens (primary N) is 1. The average Bonchev–Trinajstić information content (AvgIpc) is 1.69. The minimum absolute atomic E-state index is 0.0265. The Balaban J connectivity index is 0.000000175. The summed E-state index contributed by atoms with van der Waals surface area (Å²) >= 11 is 0. The van der Waals surface area contributed by atoms with E-state index in [0.717, 1.165) is 99.0 Å². The number of aromatic nitrogens is 6. The predicted octanol–water partition coefficient (Wildman–Crippen LogP) is 16.1. The number of ether oxygens (including phenoxy) is 3. The quantitative estimate of drug-likeness (QED) is 0.0568. The fraction of sp³-hybridized carbons (Fsp3) is 0.568. The van der Waals surface area contributed by atoms with Gasteiger partial charge in [0.25, 0.3) is 0 Å². The van der Waals surface area contributed by atoms with E-state index in [4.69, 9.17) is 30.1 Å². The Morgan fingerprint density at radius 1 is 0.547 bits per heavy atom. The molecule has 95 heavy (non-hydrogen) atoms. The molecule has 0 aliphatic heterocycles. The first kappa shape index (κ1) is 65.1. The van der Waals surface area contributed by atoms with Crippen LogP contribution in [-0.4, -0.2) is 78.9 Å². The number of alkyl carbamates (subject to hydrolysis) is 1. The van der Waals surface area contributed by atoms with Crippen molar-refractivity contribution in [2.45, 2.75) is 213 Å². The zero-order valence-corrected chi connectivity index (χ0v) is 57.5. The fourth-order valence-corrected chi connectivity index (χ4v) is 21.1. The fourth-order valence-electron chi connectivity index (χ4n) is 21.1. The van der Waals surface area contributed by atoms with Crippen LogP contribution in [0.25, 0.3) is 11.1 Å². The van der Waals surface area contributed by atoms with E-state index in [2.05, 4.69) is 153 Å². The summed E-state index contributed by atoms with van der Waals surface area (Å²) in [5.74, 6) is 4.40. The number of hydrogen-bond acceptors (Lipinski definition) is 11. The predicted molar refractivity (Wildman–Crippen MR) is 369 cm³/mol. The Morgan fingerprint density at radius 2 is 1.00 bits per heavy atom. The summed E-state index contributed by atoms with van der Waals surface area (Å²) in [5, 5.41) is 21.4. The molecule has 3 N–H and O–H groups in total. The van der Waals surface area contributed by atoms with Gasteiger partial charge in [0.05, 0.1) is 24.5 Å². The molecule has 9 aliphatic rings. The molecular formula is C81H102N8O6. The largest absolute Gasteiger partial charge is 0.461 e. The zero-order valence-electron chi connectivity index (χ0n) is 57.5. The van der Waals surface area contributed by atoms with Crippen molar-refractivity contribution in [2.24, 2.45) is 74.7 Å². The maximum absolute atomic E-state index is 13.7. The number of esters is 2. The molecule has 502 valence electrons. The molecule has 9 aliphatic carbocycles. The van der Waals surface area contributed by atoms with E-state index in [0.29, 0.717) is 29.6 Å². The lowest BCUT2D eigenvalue weighted by Crippen LogP contribution is -2.51. The van der Waals surface area contributed by atoms with Crippen LogP contribution >= 0.6 is 0 Å². The lowest BCUT2D eigenvalue weighted by Gasteiger charge is -2.58. The van der Waals surface area contributed by atoms with Crippen LogP contribution in [0.15, 0.2) is 145 Å². The van der Waals surface area contributed by atoms with Gasteiger partial charge in [0.1, 0.15) is 30.9 Å². The van der Waals surface area contributed by atoms with E-state index in [9.17, 15) is 14.4 Å². The summed E-state index contributed by atoms with van der Waals surface area (Å²) in [7, 11) is 0. The number of carbonyl (C=O) groups excluding carboxylic acids is 3. The maximum Gasteiger partial charge on any atom is 0.407 e. The van der Waals surface area contributed by atoms with Crippen molar-refractivity contribution in [3.05, 3.63) is 179 Å². The summed E-state index contributed by atoms with van der Waals surface area (Å²) in [6.45, 7) is 19.7. The highest BCUT2D eigenvalue weighted by Crippen LogP contribution is 2.70. The molecule has 14 heteroatoms. The molecule has 0 saturated heterocycles. The Morgan fingerprint density at radius 3 is 1.46 bits per heavy atom. The van der Waals surface area contributed by atoms with E-state index in [1.54, 1.807) is 0 Å². The molecule has 0 spiro atoms. The van der Waals surface area contributed by atoms with E-state index in [1.165, 1.54) is 90.5 Å². The van der Waals surface area contributed by atoms with Crippen LogP contribution < -0.4 is 11.1 Å². The van der Waals surface area contributed by atoms with Crippen molar-refractivity contribution >= 4 is 18.0 Å². The number of fused-ring (bicyclic) bond motifs is 13. The molecule has 2 heterocycles. The molecule has 6 aromatic rings. The highest BCUT2D eigenvalue weighted by Gasteiger charge is 2.61. The highest BCUT2D eigenvalue weighted by atomic mass is 16.6. The Kier molecular flexibility index (Phi) is 18.0. The molecule has 1 amide bonds. The third-order valence-electron chi connectivity index (χ3n) is 26.4. The van der Waals surface area contributed by atoms with Crippen molar-refractivity contribution < 1.29 is 28.6 Å². The van der Waals surface area contributed by atoms with Crippen LogP contribution in [0.5, 0.6) is 0 Å². The standard InChI is InChI=1S/C48H56N4O4.C33H46N4O2/c1-30(2)44(49-46(54)55-29-39-36-16-10-8-14-34(36)35-15-9-11-17-37(35)39)45(53)56-33-22-24-47(3)32(26-33)18-19-38-40-20-21-42(48(40,4)25-23-41(38)47)43-28-52(51-50-43)27-31-12-6-5-7-13-31;1-21(2)30(34)31(38)39-24-14-16-32(3)23(18-24)10-11-25-26-12-13-28(33(26,4)17-15-27(25)32)29-20-37(36-35-29)19-22-8-6-5-7-9-22/h5-18,28,30,33,38-42,44H,19-27,29H2,1-4H3,(H,49,54);5-10,20-21,24-28,30H,11-19,34H2,1-4H3/t33-,38?,40?,41?,42+,44-,47-,48-;24-,25?,26?,27?,28+,30-,32-,33-/m00/s1. The van der Waals surface area contributed by atoms with Crippen molar-refractivity contribution in [1.82, 2.24) is 35.3 Å². The summed E-state index contributed by atoms with van der Waals surface area (Å²) < 4.78 is 22.0. The number of benzene rings is 4. The average molecular weight is 1280 g/mol. The second-order valence-electron chi connectivity index (χ2n) is 32.1. The lowest BCUT2D eigenvalue weighted by molar-refractivity contribution is -0.155. The van der Waals surface area contributed by atoms with Crippen LogP contribution in [0.4, 0.5) is 4.79 Å². The monoisotopic (exact) mass is 1280 g/mol. The van der Waals surface area contributed by atoms with Gasteiger partial charge in [-0.2, -0.15) is 0 Å². The summed E-state index contributed by atoms with van der Waals surface area (Å²) in [4.78, 5) is 39.5. The first-order valence-corrected chi connectivity index (χ1v) is 36.4. The van der Waals surface area contributed by atoms with Crippen LogP contribution in [0, 0.1) is 69.0 Å². The van der Waals surface area contributed by atoms with Gasteiger partial charge in [-0.25, -0.2) is 19.0 Å². The number of nitrogens with zero attached hydrogens (tertiary/aromatic N) is 6. The number of carbonyl (C=O) groups is 3. The van der Waals surface area contributed by atoms with Crippen LogP contribution in [0.3, 0.4) is 0 Å². The van der Waals surface area contributed by atoms with Crippen molar-refractivity contribution in [2.75, 3.05) is 6.61 Å². The summed E-state index contributed by atoms with van der Waals surface area (Å²) in [6, 6.07) is 36.3. The third kappa shape index (κ3) is 12.2. The minimum atomic E-state index is -0.782. The molecule has 2 aromatic heterocycles. The smallest absolute Gasteiger partial charge is 0.407 e. The van der Waals surface area contributed by atoms with Gasteiger partial charge >= 0.3 is 18.0 Å². The van der Waals surface area contributed by atoms with Gasteiger partial charge in [0, 0.05) is 43.0 Å². The highest BCUT2D eigenvalue weighted by molar-refractivity contribution is 5.82. The van der Waals surface area contributed by atoms with Gasteiger partial charge in [0.2, 0.25) is 0 Å². The van der Waals surface area contributed by atoms with E-state index in [1.807, 2.05) is 61.3 Å². The molecule has 0 radical (unpaired) electrons. The van der Waals surface area contributed by atoms with E-state index >= 15 is 0 Å². The van der Waals surface area contributed by atoms with Gasteiger partial charge in [-0.15, -0.1) is 10.2 Å². The minimum Gasteiger partial charge on any atom is -0.461 e. The summed E-state index contributed by atoms with van der Waals surface area (Å²) in [6.07, 6.45) is 26.4. The number of nitrogens with one attached hydrogen (secondary N) is 1. The molecule has 16 atom stereocenters. The number of rotatable bonds is 15. The lowest BCUT2D eigenvalue weighted by atomic mass is 9.47. The van der Waals surface area contributed by atoms with Crippen LogP contribution in [-0.2, 0) is 36.9 Å². The number of amides is 1. The van der Waals surface area contributed by atoms with Crippen molar-refractivity contribution in [3.8, 4) is 11.1 Å². The first-order valence-electron chi connectivity index (χ1n) is 36.4. The second kappa shape index (κ2) is 26.3. The van der Waals surface area contributed by atoms with Gasteiger partial charge in [-0.1, -0.05) is 198 Å². The molecule has 14 nitrogen and oxygen atoms in total. The van der Waals surface area contributed by atoms with Crippen molar-refractivity contribution in [3.63, 3.8) is 0 Å². The van der Waals surface area contributed by atoms with Crippen molar-refractivity contribution in [1.29, 1.82) is 0 Å². The molecule has 15 rings (SSSR count). The van der Waals surface area contributed by atoms with Gasteiger partial charge < -0.3 is 25.3 Å².